The summed E-state index contributed by atoms with van der Waals surface area (Å²) in [5, 5.41) is 0.309. The Morgan fingerprint density at radius 1 is 1.00 bits per heavy atom. The van der Waals surface area contributed by atoms with Gasteiger partial charge in [-0.15, -0.1) is 0 Å². The van der Waals surface area contributed by atoms with Crippen molar-refractivity contribution >= 4 is 17.4 Å². The molecule has 0 spiro atoms. The summed E-state index contributed by atoms with van der Waals surface area (Å²) in [5.74, 6) is -2.08. The molecule has 0 bridgehead atoms. The lowest BCUT2D eigenvalue weighted by molar-refractivity contribution is -0.140. The number of alkyl halides is 3. The molecule has 0 saturated carbocycles. The average Bonchev–Trinajstić information content (AvgIpc) is 2.36. The highest BCUT2D eigenvalue weighted by molar-refractivity contribution is 6.31. The van der Waals surface area contributed by atoms with E-state index in [9.17, 15) is 22.4 Å². The van der Waals surface area contributed by atoms with E-state index in [-0.39, 0.29) is 11.1 Å². The number of hydrogen-bond acceptors (Lipinski definition) is 1. The average molecular weight is 303 g/mol. The van der Waals surface area contributed by atoms with Crippen LogP contribution >= 0.6 is 11.6 Å². The van der Waals surface area contributed by atoms with E-state index in [4.69, 9.17) is 11.6 Å². The summed E-state index contributed by atoms with van der Waals surface area (Å²) >= 11 is 5.72. The van der Waals surface area contributed by atoms with E-state index >= 15 is 0 Å². The zero-order chi connectivity index (χ0) is 14.9. The fraction of sp³-hybridized carbons (Fsp3) is 0.0714. The molecule has 0 aliphatic rings. The third-order valence-corrected chi connectivity index (χ3v) is 2.86. The van der Waals surface area contributed by atoms with Crippen molar-refractivity contribution in [3.05, 3.63) is 70.0 Å². The van der Waals surface area contributed by atoms with Crippen molar-refractivity contribution in [2.45, 2.75) is 6.18 Å². The van der Waals surface area contributed by atoms with Gasteiger partial charge in [-0.3, -0.25) is 4.79 Å². The van der Waals surface area contributed by atoms with Crippen LogP contribution in [0.15, 0.2) is 42.5 Å². The van der Waals surface area contributed by atoms with E-state index < -0.39 is 23.3 Å². The van der Waals surface area contributed by atoms with Gasteiger partial charge in [0.25, 0.3) is 0 Å². The van der Waals surface area contributed by atoms with Crippen molar-refractivity contribution in [1.82, 2.24) is 0 Å². The molecule has 0 amide bonds. The molecular formula is C14H7ClF4O. The second-order valence-electron chi connectivity index (χ2n) is 4.03. The van der Waals surface area contributed by atoms with Crippen molar-refractivity contribution < 1.29 is 22.4 Å². The molecule has 0 radical (unpaired) electrons. The van der Waals surface area contributed by atoms with E-state index in [1.165, 1.54) is 18.2 Å². The van der Waals surface area contributed by atoms with Gasteiger partial charge in [-0.2, -0.15) is 13.2 Å². The van der Waals surface area contributed by atoms with Gasteiger partial charge in [-0.1, -0.05) is 29.8 Å². The van der Waals surface area contributed by atoms with Crippen LogP contribution in [0.3, 0.4) is 0 Å². The Bertz CT molecular complexity index is 664. The fourth-order valence-corrected chi connectivity index (χ4v) is 1.87. The molecule has 2 rings (SSSR count). The zero-order valence-electron chi connectivity index (χ0n) is 9.84. The third kappa shape index (κ3) is 2.99. The maximum absolute atomic E-state index is 13.4. The van der Waals surface area contributed by atoms with Gasteiger partial charge >= 0.3 is 6.18 Å². The van der Waals surface area contributed by atoms with Crippen molar-refractivity contribution in [3.8, 4) is 0 Å². The maximum atomic E-state index is 13.4. The maximum Gasteiger partial charge on any atom is 0.419 e. The number of halogens is 5. The number of benzene rings is 2. The third-order valence-electron chi connectivity index (χ3n) is 2.62. The summed E-state index contributed by atoms with van der Waals surface area (Å²) in [6.45, 7) is 0. The normalized spacial score (nSPS) is 11.4. The Kier molecular flexibility index (Phi) is 3.81. The van der Waals surface area contributed by atoms with Gasteiger partial charge in [-0.05, 0) is 24.3 Å². The van der Waals surface area contributed by atoms with E-state index in [2.05, 4.69) is 0 Å². The molecule has 0 aliphatic carbocycles. The predicted octanol–water partition coefficient (Wildman–Crippen LogP) is 4.73. The molecule has 20 heavy (non-hydrogen) atoms. The molecule has 0 saturated heterocycles. The largest absolute Gasteiger partial charge is 0.419 e. The first-order valence-electron chi connectivity index (χ1n) is 5.46. The second-order valence-corrected chi connectivity index (χ2v) is 4.47. The summed E-state index contributed by atoms with van der Waals surface area (Å²) in [5.41, 5.74) is -1.39. The number of carbonyl (C=O) groups excluding carboxylic acids is 1. The van der Waals surface area contributed by atoms with Crippen LogP contribution in [0.4, 0.5) is 17.6 Å². The van der Waals surface area contributed by atoms with Crippen molar-refractivity contribution in [1.29, 1.82) is 0 Å². The molecule has 0 heterocycles. The highest BCUT2D eigenvalue weighted by atomic mass is 35.5. The van der Waals surface area contributed by atoms with Gasteiger partial charge < -0.3 is 0 Å². The smallest absolute Gasteiger partial charge is 0.289 e. The van der Waals surface area contributed by atoms with Gasteiger partial charge in [0, 0.05) is 16.1 Å². The van der Waals surface area contributed by atoms with E-state index in [0.717, 1.165) is 6.07 Å². The monoisotopic (exact) mass is 302 g/mol. The topological polar surface area (TPSA) is 17.1 Å². The Morgan fingerprint density at radius 3 is 2.20 bits per heavy atom. The first-order valence-corrected chi connectivity index (χ1v) is 5.84. The standard InChI is InChI=1S/C14H7ClF4O/c15-10-3-1-2-8(6-10)13(20)9-4-5-11(12(16)7-9)14(17,18)19/h1-7H. The molecule has 0 fully saturated rings. The molecule has 1 nitrogen and oxygen atoms in total. The van der Waals surface area contributed by atoms with E-state index in [1.807, 2.05) is 0 Å². The number of ketones is 1. The van der Waals surface area contributed by atoms with Gasteiger partial charge in [-0.25, -0.2) is 4.39 Å². The Morgan fingerprint density at radius 2 is 1.65 bits per heavy atom. The SMILES string of the molecule is O=C(c1cccc(Cl)c1)c1ccc(C(F)(F)F)c(F)c1. The first-order chi connectivity index (χ1) is 9.29. The van der Waals surface area contributed by atoms with Crippen LogP contribution in [0.2, 0.25) is 5.02 Å². The van der Waals surface area contributed by atoms with Crippen LogP contribution in [0.1, 0.15) is 21.5 Å². The van der Waals surface area contributed by atoms with E-state index in [0.29, 0.717) is 17.2 Å². The van der Waals surface area contributed by atoms with E-state index in [1.54, 1.807) is 6.07 Å². The Labute approximate surface area is 116 Å². The molecule has 0 atom stereocenters. The van der Waals surface area contributed by atoms with Gasteiger partial charge in [0.2, 0.25) is 0 Å². The Hall–Kier alpha value is -1.88. The van der Waals surface area contributed by atoms with Crippen LogP contribution in [0, 0.1) is 5.82 Å². The molecule has 0 unspecified atom stereocenters. The fourth-order valence-electron chi connectivity index (χ4n) is 1.68. The van der Waals surface area contributed by atoms with Crippen molar-refractivity contribution in [2.75, 3.05) is 0 Å². The van der Waals surface area contributed by atoms with Gasteiger partial charge in [0.15, 0.2) is 5.78 Å². The van der Waals surface area contributed by atoms with Gasteiger partial charge in [0.1, 0.15) is 5.82 Å². The molecule has 2 aromatic rings. The van der Waals surface area contributed by atoms with Crippen molar-refractivity contribution in [3.63, 3.8) is 0 Å². The van der Waals surface area contributed by atoms with Gasteiger partial charge in [0.05, 0.1) is 5.56 Å². The molecule has 0 N–H and O–H groups in total. The molecule has 0 aromatic heterocycles. The lowest BCUT2D eigenvalue weighted by Gasteiger charge is -2.09. The zero-order valence-corrected chi connectivity index (χ0v) is 10.6. The highest BCUT2D eigenvalue weighted by Gasteiger charge is 2.34. The highest BCUT2D eigenvalue weighted by Crippen LogP contribution is 2.31. The summed E-state index contributed by atoms with van der Waals surface area (Å²) in [4.78, 5) is 12.0. The van der Waals surface area contributed by atoms with Crippen LogP contribution in [-0.2, 0) is 6.18 Å². The molecule has 0 aliphatic heterocycles. The summed E-state index contributed by atoms with van der Waals surface area (Å²) < 4.78 is 50.6. The number of hydrogen-bond donors (Lipinski definition) is 0. The second kappa shape index (κ2) is 5.25. The van der Waals surface area contributed by atoms with Crippen LogP contribution in [-0.4, -0.2) is 5.78 Å². The first kappa shape index (κ1) is 14.5. The minimum atomic E-state index is -4.79. The predicted molar refractivity (Wildman–Crippen MR) is 66.3 cm³/mol. The Balaban J connectivity index is 2.40. The summed E-state index contributed by atoms with van der Waals surface area (Å²) in [7, 11) is 0. The summed E-state index contributed by atoms with van der Waals surface area (Å²) in [6.07, 6.45) is -4.79. The minimum absolute atomic E-state index is 0.169. The number of rotatable bonds is 2. The van der Waals surface area contributed by atoms with Crippen LogP contribution < -0.4 is 0 Å². The molecule has 104 valence electrons. The minimum Gasteiger partial charge on any atom is -0.289 e. The lowest BCUT2D eigenvalue weighted by atomic mass is 10.0. The lowest BCUT2D eigenvalue weighted by Crippen LogP contribution is -2.10. The van der Waals surface area contributed by atoms with Crippen LogP contribution in [0.25, 0.3) is 0 Å². The van der Waals surface area contributed by atoms with Crippen LogP contribution in [0.5, 0.6) is 0 Å². The van der Waals surface area contributed by atoms with Crippen molar-refractivity contribution in [2.24, 2.45) is 0 Å². The number of carbonyl (C=O) groups is 1. The molecule has 6 heteroatoms. The summed E-state index contributed by atoms with van der Waals surface area (Å²) in [6, 6.07) is 7.94. The molecular weight excluding hydrogens is 296 g/mol. The molecule has 2 aromatic carbocycles. The quantitative estimate of drug-likeness (QED) is 0.579.